The van der Waals surface area contributed by atoms with Crippen molar-refractivity contribution in [3.05, 3.63) is 54.4 Å². The zero-order valence-corrected chi connectivity index (χ0v) is 16.4. The van der Waals surface area contributed by atoms with E-state index >= 15 is 0 Å². The van der Waals surface area contributed by atoms with Crippen molar-refractivity contribution in [3.8, 4) is 28.7 Å². The van der Waals surface area contributed by atoms with Gasteiger partial charge in [0.15, 0.2) is 0 Å². The predicted octanol–water partition coefficient (Wildman–Crippen LogP) is 2.88. The van der Waals surface area contributed by atoms with Gasteiger partial charge in [0.25, 0.3) is 0 Å². The lowest BCUT2D eigenvalue weighted by atomic mass is 10.2. The first kappa shape index (κ1) is 20.2. The van der Waals surface area contributed by atoms with Crippen molar-refractivity contribution < 1.29 is 23.4 Å². The molecule has 1 aromatic heterocycles. The predicted molar refractivity (Wildman–Crippen MR) is 106 cm³/mol. The van der Waals surface area contributed by atoms with Crippen LogP contribution in [-0.4, -0.2) is 43.5 Å². The van der Waals surface area contributed by atoms with E-state index in [1.165, 1.54) is 0 Å². The Morgan fingerprint density at radius 1 is 1.00 bits per heavy atom. The number of ether oxygens (including phenoxy) is 3. The van der Waals surface area contributed by atoms with Gasteiger partial charge in [-0.2, -0.15) is 0 Å². The molecule has 0 bridgehead atoms. The number of carbonyl (C=O) groups excluding carboxylic acids is 1. The van der Waals surface area contributed by atoms with Gasteiger partial charge in [0, 0.05) is 18.4 Å². The molecular weight excluding hydrogens is 374 g/mol. The monoisotopic (exact) mass is 397 g/mol. The molecule has 0 aliphatic heterocycles. The molecule has 3 rings (SSSR count). The van der Waals surface area contributed by atoms with Gasteiger partial charge < -0.3 is 23.9 Å². The minimum atomic E-state index is -0.107. The number of carbonyl (C=O) groups is 1. The van der Waals surface area contributed by atoms with Gasteiger partial charge in [-0.15, -0.1) is 10.2 Å². The van der Waals surface area contributed by atoms with Crippen LogP contribution in [0.15, 0.2) is 52.9 Å². The second-order valence-corrected chi connectivity index (χ2v) is 6.11. The summed E-state index contributed by atoms with van der Waals surface area (Å²) in [6.07, 6.45) is 0.615. The van der Waals surface area contributed by atoms with Crippen molar-refractivity contribution in [2.24, 2.45) is 0 Å². The number of methoxy groups -OCH3 is 2. The third-order valence-corrected chi connectivity index (χ3v) is 4.10. The Bertz CT molecular complexity index is 924. The largest absolute Gasteiger partial charge is 0.497 e. The third-order valence-electron chi connectivity index (χ3n) is 4.10. The van der Waals surface area contributed by atoms with Crippen molar-refractivity contribution in [2.45, 2.75) is 12.8 Å². The molecule has 0 saturated heterocycles. The van der Waals surface area contributed by atoms with Crippen molar-refractivity contribution in [1.82, 2.24) is 15.5 Å². The van der Waals surface area contributed by atoms with Crippen LogP contribution in [0.25, 0.3) is 11.5 Å². The number of aromatic nitrogens is 2. The van der Waals surface area contributed by atoms with E-state index < -0.39 is 0 Å². The normalized spacial score (nSPS) is 10.4. The summed E-state index contributed by atoms with van der Waals surface area (Å²) in [6.45, 7) is 0.780. The van der Waals surface area contributed by atoms with Gasteiger partial charge in [-0.05, 0) is 42.5 Å². The van der Waals surface area contributed by atoms with Crippen LogP contribution in [0.4, 0.5) is 0 Å². The molecule has 2 aromatic carbocycles. The average Bonchev–Trinajstić information content (AvgIpc) is 3.25. The van der Waals surface area contributed by atoms with E-state index in [2.05, 4.69) is 15.5 Å². The van der Waals surface area contributed by atoms with Gasteiger partial charge in [0.05, 0.1) is 20.8 Å². The molecule has 1 N–H and O–H groups in total. The van der Waals surface area contributed by atoms with Crippen molar-refractivity contribution >= 4 is 5.91 Å². The van der Waals surface area contributed by atoms with Crippen molar-refractivity contribution in [3.63, 3.8) is 0 Å². The number of nitrogens with one attached hydrogen (secondary N) is 1. The topological polar surface area (TPSA) is 95.7 Å². The zero-order chi connectivity index (χ0) is 20.5. The number of rotatable bonds is 10. The maximum Gasteiger partial charge on any atom is 0.247 e. The van der Waals surface area contributed by atoms with E-state index in [-0.39, 0.29) is 12.3 Å². The Balaban J connectivity index is 1.38. The summed E-state index contributed by atoms with van der Waals surface area (Å²) in [7, 11) is 3.21. The number of benzene rings is 2. The molecule has 1 heterocycles. The van der Waals surface area contributed by atoms with Crippen LogP contribution in [0, 0.1) is 0 Å². The van der Waals surface area contributed by atoms with Crippen LogP contribution < -0.4 is 19.5 Å². The summed E-state index contributed by atoms with van der Waals surface area (Å²) in [6, 6.07) is 14.6. The quantitative estimate of drug-likeness (QED) is 0.526. The van der Waals surface area contributed by atoms with Crippen molar-refractivity contribution in [2.75, 3.05) is 27.4 Å². The van der Waals surface area contributed by atoms with Gasteiger partial charge in [-0.1, -0.05) is 6.07 Å². The minimum absolute atomic E-state index is 0.107. The van der Waals surface area contributed by atoms with E-state index in [1.807, 2.05) is 48.5 Å². The molecule has 0 radical (unpaired) electrons. The maximum absolute atomic E-state index is 12.0. The number of nitrogens with zero attached hydrogens (tertiary/aromatic N) is 2. The Labute approximate surface area is 168 Å². The number of hydrogen-bond acceptors (Lipinski definition) is 7. The van der Waals surface area contributed by atoms with Crippen LogP contribution in [0.2, 0.25) is 0 Å². The number of hydrogen-bond donors (Lipinski definition) is 1. The highest BCUT2D eigenvalue weighted by molar-refractivity contribution is 5.76. The Morgan fingerprint density at radius 2 is 1.76 bits per heavy atom. The molecule has 8 nitrogen and oxygen atoms in total. The molecule has 0 unspecified atom stereocenters. The molecule has 0 spiro atoms. The zero-order valence-electron chi connectivity index (χ0n) is 16.4. The van der Waals surface area contributed by atoms with E-state index in [1.54, 1.807) is 14.2 Å². The lowest BCUT2D eigenvalue weighted by molar-refractivity contribution is -0.121. The number of amides is 1. The van der Waals surface area contributed by atoms with Crippen LogP contribution in [0.3, 0.4) is 0 Å². The fourth-order valence-corrected chi connectivity index (χ4v) is 2.57. The van der Waals surface area contributed by atoms with Gasteiger partial charge >= 0.3 is 0 Å². The molecule has 0 atom stereocenters. The first-order valence-corrected chi connectivity index (χ1v) is 9.18. The second kappa shape index (κ2) is 10.1. The smallest absolute Gasteiger partial charge is 0.247 e. The molecule has 0 saturated carbocycles. The molecule has 0 aliphatic rings. The highest BCUT2D eigenvalue weighted by Gasteiger charge is 2.11. The maximum atomic E-state index is 12.0. The second-order valence-electron chi connectivity index (χ2n) is 6.11. The summed E-state index contributed by atoms with van der Waals surface area (Å²) in [4.78, 5) is 12.0. The summed E-state index contributed by atoms with van der Waals surface area (Å²) < 4.78 is 21.5. The summed E-state index contributed by atoms with van der Waals surface area (Å²) in [5.41, 5.74) is 0.767. The Hall–Kier alpha value is -3.55. The molecular formula is C21H23N3O5. The fraction of sp³-hybridized carbons (Fsp3) is 0.286. The van der Waals surface area contributed by atoms with Gasteiger partial charge in [0.2, 0.25) is 17.7 Å². The first-order valence-electron chi connectivity index (χ1n) is 9.18. The third kappa shape index (κ3) is 5.97. The molecule has 152 valence electrons. The van der Waals surface area contributed by atoms with Crippen molar-refractivity contribution in [1.29, 1.82) is 0 Å². The molecule has 1 amide bonds. The van der Waals surface area contributed by atoms with Crippen LogP contribution >= 0.6 is 0 Å². The summed E-state index contributed by atoms with van der Waals surface area (Å²) >= 11 is 0. The van der Waals surface area contributed by atoms with Crippen LogP contribution in [-0.2, 0) is 11.2 Å². The lowest BCUT2D eigenvalue weighted by Crippen LogP contribution is -2.28. The van der Waals surface area contributed by atoms with E-state index in [0.717, 1.165) is 17.1 Å². The first-order chi connectivity index (χ1) is 14.2. The fourth-order valence-electron chi connectivity index (χ4n) is 2.57. The van der Waals surface area contributed by atoms with Gasteiger partial charge in [-0.3, -0.25) is 4.79 Å². The highest BCUT2D eigenvalue weighted by Crippen LogP contribution is 2.22. The molecule has 0 aliphatic carbocycles. The number of aryl methyl sites for hydroxylation is 1. The molecule has 0 fully saturated rings. The Morgan fingerprint density at radius 3 is 2.52 bits per heavy atom. The average molecular weight is 397 g/mol. The van der Waals surface area contributed by atoms with E-state index in [9.17, 15) is 4.79 Å². The standard InChI is InChI=1S/C21H23N3O5/c1-26-16-6-8-17(9-7-16)28-13-12-22-19(25)10-11-20-23-24-21(29-20)15-4-3-5-18(14-15)27-2/h3-9,14H,10-13H2,1-2H3,(H,22,25). The summed E-state index contributed by atoms with van der Waals surface area (Å²) in [5, 5.41) is 10.8. The minimum Gasteiger partial charge on any atom is -0.497 e. The van der Waals surface area contributed by atoms with E-state index in [0.29, 0.717) is 37.1 Å². The van der Waals surface area contributed by atoms with Gasteiger partial charge in [0.1, 0.15) is 23.9 Å². The molecule has 8 heteroatoms. The van der Waals surface area contributed by atoms with Crippen LogP contribution in [0.5, 0.6) is 17.2 Å². The van der Waals surface area contributed by atoms with Gasteiger partial charge in [-0.25, -0.2) is 0 Å². The SMILES string of the molecule is COc1ccc(OCCNC(=O)CCc2nnc(-c3cccc(OC)c3)o2)cc1. The lowest BCUT2D eigenvalue weighted by Gasteiger charge is -2.08. The molecule has 3 aromatic rings. The highest BCUT2D eigenvalue weighted by atomic mass is 16.5. The van der Waals surface area contributed by atoms with Crippen LogP contribution in [0.1, 0.15) is 12.3 Å². The summed E-state index contributed by atoms with van der Waals surface area (Å²) in [5.74, 6) is 2.89. The van der Waals surface area contributed by atoms with E-state index in [4.69, 9.17) is 18.6 Å². The Kier molecular flexibility index (Phi) is 7.05. The molecule has 29 heavy (non-hydrogen) atoms.